The number of piperidine rings is 1. The van der Waals surface area contributed by atoms with Crippen LogP contribution in [0.3, 0.4) is 0 Å². The Hall–Kier alpha value is -0.320. The lowest BCUT2D eigenvalue weighted by Gasteiger charge is -2.26. The number of hydrogen-bond donors (Lipinski definition) is 2. The van der Waals surface area contributed by atoms with Crippen molar-refractivity contribution in [2.24, 2.45) is 0 Å². The third-order valence-corrected chi connectivity index (χ3v) is 3.40. The van der Waals surface area contributed by atoms with Crippen LogP contribution in [0.15, 0.2) is 0 Å². The summed E-state index contributed by atoms with van der Waals surface area (Å²) in [6.45, 7) is 2.50. The molecule has 1 unspecified atom stereocenters. The number of hydrogen-bond acceptors (Lipinski definition) is 3. The van der Waals surface area contributed by atoms with Crippen LogP contribution in [0.2, 0.25) is 0 Å². The smallest absolute Gasteiger partial charge is 0.237 e. The maximum absolute atomic E-state index is 11.8. The summed E-state index contributed by atoms with van der Waals surface area (Å²) < 4.78 is 5.58. The highest BCUT2D eigenvalue weighted by molar-refractivity contribution is 5.85. The van der Waals surface area contributed by atoms with E-state index in [9.17, 15) is 4.79 Å². The van der Waals surface area contributed by atoms with Crippen LogP contribution < -0.4 is 10.6 Å². The van der Waals surface area contributed by atoms with Gasteiger partial charge in [0.15, 0.2) is 0 Å². The minimum Gasteiger partial charge on any atom is -0.376 e. The Morgan fingerprint density at radius 2 is 2.06 bits per heavy atom. The molecule has 4 nitrogen and oxygen atoms in total. The zero-order valence-corrected chi connectivity index (χ0v) is 11.1. The first-order chi connectivity index (χ1) is 7.86. The summed E-state index contributed by atoms with van der Waals surface area (Å²) in [6.07, 6.45) is 7.02. The van der Waals surface area contributed by atoms with Gasteiger partial charge in [-0.25, -0.2) is 0 Å². The Morgan fingerprint density at radius 1 is 1.24 bits per heavy atom. The van der Waals surface area contributed by atoms with Crippen LogP contribution in [-0.4, -0.2) is 37.7 Å². The Bertz CT molecular complexity index is 227. The lowest BCUT2D eigenvalue weighted by molar-refractivity contribution is -0.124. The second kappa shape index (κ2) is 7.90. The average Bonchev–Trinajstić information content (AvgIpc) is 2.38. The topological polar surface area (TPSA) is 50.4 Å². The fourth-order valence-electron chi connectivity index (χ4n) is 2.38. The van der Waals surface area contributed by atoms with Crippen LogP contribution in [-0.2, 0) is 9.53 Å². The quantitative estimate of drug-likeness (QED) is 0.805. The fraction of sp³-hybridized carbons (Fsp3) is 0.917. The van der Waals surface area contributed by atoms with Gasteiger partial charge >= 0.3 is 0 Å². The third-order valence-electron chi connectivity index (χ3n) is 3.40. The standard InChI is InChI=1S/C12H22N2O2.ClH/c15-12(11-6-1-3-7-13-11)14-9-10-5-2-4-8-16-10;/h10-11,13H,1-9H2,(H,14,15);1H/t10?,11-;/m1./s1. The van der Waals surface area contributed by atoms with Crippen molar-refractivity contribution in [3.05, 3.63) is 0 Å². The van der Waals surface area contributed by atoms with Gasteiger partial charge in [0, 0.05) is 13.2 Å². The zero-order chi connectivity index (χ0) is 11.2. The van der Waals surface area contributed by atoms with Crippen LogP contribution in [0.5, 0.6) is 0 Å². The number of rotatable bonds is 3. The van der Waals surface area contributed by atoms with Crippen molar-refractivity contribution in [2.75, 3.05) is 19.7 Å². The van der Waals surface area contributed by atoms with Crippen molar-refractivity contribution in [3.8, 4) is 0 Å². The van der Waals surface area contributed by atoms with Crippen LogP contribution in [0.1, 0.15) is 38.5 Å². The number of nitrogens with one attached hydrogen (secondary N) is 2. The first-order valence-corrected chi connectivity index (χ1v) is 6.49. The molecule has 0 spiro atoms. The maximum Gasteiger partial charge on any atom is 0.237 e. The van der Waals surface area contributed by atoms with E-state index >= 15 is 0 Å². The normalized spacial score (nSPS) is 29.2. The number of halogens is 1. The van der Waals surface area contributed by atoms with Gasteiger partial charge in [0.2, 0.25) is 5.91 Å². The van der Waals surface area contributed by atoms with Crippen LogP contribution in [0.25, 0.3) is 0 Å². The van der Waals surface area contributed by atoms with Crippen molar-refractivity contribution in [1.29, 1.82) is 0 Å². The summed E-state index contributed by atoms with van der Waals surface area (Å²) >= 11 is 0. The van der Waals surface area contributed by atoms with Crippen molar-refractivity contribution < 1.29 is 9.53 Å². The number of ether oxygens (including phenoxy) is 1. The second-order valence-corrected chi connectivity index (χ2v) is 4.74. The van der Waals surface area contributed by atoms with E-state index in [1.54, 1.807) is 0 Å². The van der Waals surface area contributed by atoms with E-state index < -0.39 is 0 Å². The largest absolute Gasteiger partial charge is 0.376 e. The van der Waals surface area contributed by atoms with E-state index in [0.29, 0.717) is 6.54 Å². The minimum absolute atomic E-state index is 0. The second-order valence-electron chi connectivity index (χ2n) is 4.74. The highest BCUT2D eigenvalue weighted by Gasteiger charge is 2.21. The van der Waals surface area contributed by atoms with Gasteiger partial charge in [0.25, 0.3) is 0 Å². The summed E-state index contributed by atoms with van der Waals surface area (Å²) in [5.41, 5.74) is 0. The number of carbonyl (C=O) groups is 1. The van der Waals surface area contributed by atoms with Crippen molar-refractivity contribution in [3.63, 3.8) is 0 Å². The van der Waals surface area contributed by atoms with Gasteiger partial charge < -0.3 is 15.4 Å². The lowest BCUT2D eigenvalue weighted by atomic mass is 10.0. The summed E-state index contributed by atoms with van der Waals surface area (Å²) in [4.78, 5) is 11.8. The van der Waals surface area contributed by atoms with Crippen LogP contribution in [0.4, 0.5) is 0 Å². The van der Waals surface area contributed by atoms with Crippen molar-refractivity contribution >= 4 is 18.3 Å². The molecule has 100 valence electrons. The molecule has 2 aliphatic heterocycles. The molecule has 0 aromatic carbocycles. The molecule has 2 atom stereocenters. The SMILES string of the molecule is Cl.O=C(NCC1CCCCO1)[C@H]1CCCCN1. The predicted octanol–water partition coefficient (Wildman–Crippen LogP) is 1.24. The van der Waals surface area contributed by atoms with Crippen molar-refractivity contribution in [1.82, 2.24) is 10.6 Å². The Balaban J connectivity index is 0.00000144. The molecule has 2 aliphatic rings. The third kappa shape index (κ3) is 4.82. The average molecular weight is 263 g/mol. The van der Waals surface area contributed by atoms with Crippen molar-refractivity contribution in [2.45, 2.75) is 50.7 Å². The zero-order valence-electron chi connectivity index (χ0n) is 10.2. The summed E-state index contributed by atoms with van der Waals surface area (Å²) in [7, 11) is 0. The first-order valence-electron chi connectivity index (χ1n) is 6.49. The van der Waals surface area contributed by atoms with E-state index in [0.717, 1.165) is 38.8 Å². The van der Waals surface area contributed by atoms with E-state index in [2.05, 4.69) is 10.6 Å². The fourth-order valence-corrected chi connectivity index (χ4v) is 2.38. The Morgan fingerprint density at radius 3 is 2.71 bits per heavy atom. The van der Waals surface area contributed by atoms with Gasteiger partial charge in [0.05, 0.1) is 12.1 Å². The lowest BCUT2D eigenvalue weighted by Crippen LogP contribution is -2.48. The Labute approximate surface area is 109 Å². The maximum atomic E-state index is 11.8. The van der Waals surface area contributed by atoms with Gasteiger partial charge in [-0.1, -0.05) is 6.42 Å². The van der Waals surface area contributed by atoms with E-state index in [1.165, 1.54) is 12.8 Å². The molecule has 0 aromatic heterocycles. The van der Waals surface area contributed by atoms with Gasteiger partial charge in [-0.05, 0) is 38.6 Å². The van der Waals surface area contributed by atoms with E-state index in [1.807, 2.05) is 0 Å². The molecule has 0 aromatic rings. The summed E-state index contributed by atoms with van der Waals surface area (Å²) in [5.74, 6) is 0.147. The van der Waals surface area contributed by atoms with Crippen LogP contribution in [0, 0.1) is 0 Å². The first kappa shape index (κ1) is 14.7. The number of carbonyl (C=O) groups excluding carboxylic acids is 1. The molecule has 2 rings (SSSR count). The van der Waals surface area contributed by atoms with E-state index in [-0.39, 0.29) is 30.5 Å². The molecule has 2 N–H and O–H groups in total. The molecular formula is C12H23ClN2O2. The number of amides is 1. The molecular weight excluding hydrogens is 240 g/mol. The van der Waals surface area contributed by atoms with Gasteiger partial charge in [-0.15, -0.1) is 12.4 Å². The molecule has 2 heterocycles. The van der Waals surface area contributed by atoms with Gasteiger partial charge in [-0.2, -0.15) is 0 Å². The molecule has 0 radical (unpaired) electrons. The predicted molar refractivity (Wildman–Crippen MR) is 69.5 cm³/mol. The highest BCUT2D eigenvalue weighted by atomic mass is 35.5. The highest BCUT2D eigenvalue weighted by Crippen LogP contribution is 2.12. The molecule has 0 saturated carbocycles. The van der Waals surface area contributed by atoms with Gasteiger partial charge in [0.1, 0.15) is 0 Å². The molecule has 2 fully saturated rings. The molecule has 1 amide bonds. The minimum atomic E-state index is 0. The molecule has 5 heteroatoms. The van der Waals surface area contributed by atoms with Crippen LogP contribution >= 0.6 is 12.4 Å². The summed E-state index contributed by atoms with van der Waals surface area (Å²) in [5, 5.41) is 6.25. The van der Waals surface area contributed by atoms with Gasteiger partial charge in [-0.3, -0.25) is 4.79 Å². The molecule has 0 aliphatic carbocycles. The molecule has 2 saturated heterocycles. The Kier molecular flexibility index (Phi) is 6.85. The monoisotopic (exact) mass is 262 g/mol. The molecule has 17 heavy (non-hydrogen) atoms. The molecule has 0 bridgehead atoms. The van der Waals surface area contributed by atoms with E-state index in [4.69, 9.17) is 4.74 Å². The summed E-state index contributed by atoms with van der Waals surface area (Å²) in [6, 6.07) is 0.0253.